The number of aliphatic hydroxyl groups excluding tert-OH is 1. The zero-order valence-electron chi connectivity index (χ0n) is 15.1. The number of amides is 1. The highest BCUT2D eigenvalue weighted by Crippen LogP contribution is 2.18. The van der Waals surface area contributed by atoms with Crippen LogP contribution in [0, 0.1) is 11.6 Å². The fourth-order valence-corrected chi connectivity index (χ4v) is 3.54. The third kappa shape index (κ3) is 5.47. The largest absolute Gasteiger partial charge is 0.497 e. The average molecular weight is 414 g/mol. The van der Waals surface area contributed by atoms with Gasteiger partial charge < -0.3 is 15.2 Å². The second-order valence-electron chi connectivity index (χ2n) is 5.95. The van der Waals surface area contributed by atoms with Gasteiger partial charge in [0, 0.05) is 18.2 Å². The summed E-state index contributed by atoms with van der Waals surface area (Å²) in [6.07, 6.45) is -1.42. The SMILES string of the molecule is COc1ccc(S(=O)(=O)N[C@@H](C)C(=O)NCC(O)c2ccc(F)cc2F)cc1. The Kier molecular flexibility index (Phi) is 7.05. The van der Waals surface area contributed by atoms with Crippen molar-refractivity contribution < 1.29 is 31.8 Å². The van der Waals surface area contributed by atoms with Gasteiger partial charge in [0.15, 0.2) is 0 Å². The minimum absolute atomic E-state index is 0.0543. The molecule has 2 rings (SSSR count). The first-order valence-electron chi connectivity index (χ1n) is 8.21. The number of carbonyl (C=O) groups is 1. The molecule has 1 amide bonds. The molecule has 0 aromatic heterocycles. The van der Waals surface area contributed by atoms with Crippen LogP contribution in [0.25, 0.3) is 0 Å². The molecule has 7 nitrogen and oxygen atoms in total. The molecule has 3 N–H and O–H groups in total. The van der Waals surface area contributed by atoms with Gasteiger partial charge in [-0.05, 0) is 37.3 Å². The zero-order valence-corrected chi connectivity index (χ0v) is 16.0. The minimum Gasteiger partial charge on any atom is -0.497 e. The molecule has 0 aliphatic carbocycles. The summed E-state index contributed by atoms with van der Waals surface area (Å²) in [4.78, 5) is 12.1. The van der Waals surface area contributed by atoms with Gasteiger partial charge in [-0.1, -0.05) is 6.07 Å². The lowest BCUT2D eigenvalue weighted by Crippen LogP contribution is -2.45. The number of sulfonamides is 1. The normalized spacial score (nSPS) is 13.6. The van der Waals surface area contributed by atoms with Gasteiger partial charge in [0.2, 0.25) is 15.9 Å². The lowest BCUT2D eigenvalue weighted by atomic mass is 10.1. The summed E-state index contributed by atoms with van der Waals surface area (Å²) in [7, 11) is -2.52. The maximum Gasteiger partial charge on any atom is 0.241 e. The molecule has 0 aliphatic rings. The van der Waals surface area contributed by atoms with Gasteiger partial charge in [0.05, 0.1) is 24.2 Å². The Bertz CT molecular complexity index is 935. The Morgan fingerprint density at radius 3 is 2.39 bits per heavy atom. The third-order valence-corrected chi connectivity index (χ3v) is 5.44. The van der Waals surface area contributed by atoms with Crippen molar-refractivity contribution in [3.8, 4) is 5.75 Å². The van der Waals surface area contributed by atoms with Crippen molar-refractivity contribution in [1.29, 1.82) is 0 Å². The second-order valence-corrected chi connectivity index (χ2v) is 7.66. The Hall–Kier alpha value is -2.56. The van der Waals surface area contributed by atoms with Crippen LogP contribution >= 0.6 is 0 Å². The Morgan fingerprint density at radius 1 is 1.18 bits per heavy atom. The monoisotopic (exact) mass is 414 g/mol. The van der Waals surface area contributed by atoms with Crippen LogP contribution in [0.1, 0.15) is 18.6 Å². The van der Waals surface area contributed by atoms with Crippen molar-refractivity contribution >= 4 is 15.9 Å². The summed E-state index contributed by atoms with van der Waals surface area (Å²) in [6.45, 7) is 0.942. The molecule has 0 fully saturated rings. The summed E-state index contributed by atoms with van der Waals surface area (Å²) in [5.74, 6) is -1.99. The van der Waals surface area contributed by atoms with Crippen LogP contribution in [0.15, 0.2) is 47.4 Å². The number of benzene rings is 2. The first kappa shape index (κ1) is 21.7. The number of nitrogens with one attached hydrogen (secondary N) is 2. The summed E-state index contributed by atoms with van der Waals surface area (Å²) < 4.78 is 58.3. The molecule has 2 atom stereocenters. The first-order chi connectivity index (χ1) is 13.1. The maximum absolute atomic E-state index is 13.6. The number of aliphatic hydroxyl groups is 1. The zero-order chi connectivity index (χ0) is 20.9. The van der Waals surface area contributed by atoms with E-state index in [4.69, 9.17) is 4.74 Å². The Morgan fingerprint density at radius 2 is 1.82 bits per heavy atom. The van der Waals surface area contributed by atoms with E-state index >= 15 is 0 Å². The number of halogens is 2. The highest BCUT2D eigenvalue weighted by atomic mass is 32.2. The summed E-state index contributed by atoms with van der Waals surface area (Å²) >= 11 is 0. The van der Waals surface area contributed by atoms with E-state index in [0.29, 0.717) is 11.8 Å². The van der Waals surface area contributed by atoms with Crippen LogP contribution in [-0.2, 0) is 14.8 Å². The first-order valence-corrected chi connectivity index (χ1v) is 9.69. The van der Waals surface area contributed by atoms with E-state index < -0.39 is 39.7 Å². The molecule has 152 valence electrons. The topological polar surface area (TPSA) is 105 Å². The molecule has 0 saturated carbocycles. The summed E-state index contributed by atoms with van der Waals surface area (Å²) in [5.41, 5.74) is -0.187. The lowest BCUT2D eigenvalue weighted by molar-refractivity contribution is -0.122. The number of methoxy groups -OCH3 is 1. The van der Waals surface area contributed by atoms with Gasteiger partial charge in [-0.15, -0.1) is 0 Å². The van der Waals surface area contributed by atoms with Crippen LogP contribution < -0.4 is 14.8 Å². The number of hydrogen-bond donors (Lipinski definition) is 3. The highest BCUT2D eigenvalue weighted by Gasteiger charge is 2.23. The lowest BCUT2D eigenvalue weighted by Gasteiger charge is -2.17. The number of hydrogen-bond acceptors (Lipinski definition) is 5. The van der Waals surface area contributed by atoms with E-state index in [9.17, 15) is 27.1 Å². The molecule has 0 saturated heterocycles. The van der Waals surface area contributed by atoms with Gasteiger partial charge in [-0.3, -0.25) is 4.79 Å². The van der Waals surface area contributed by atoms with E-state index in [1.54, 1.807) is 0 Å². The average Bonchev–Trinajstić information content (AvgIpc) is 2.65. The van der Waals surface area contributed by atoms with Crippen molar-refractivity contribution in [2.24, 2.45) is 0 Å². The van der Waals surface area contributed by atoms with Crippen molar-refractivity contribution in [2.45, 2.75) is 24.0 Å². The smallest absolute Gasteiger partial charge is 0.241 e. The van der Waals surface area contributed by atoms with Crippen molar-refractivity contribution in [3.63, 3.8) is 0 Å². The van der Waals surface area contributed by atoms with Crippen LogP contribution in [0.4, 0.5) is 8.78 Å². The van der Waals surface area contributed by atoms with Gasteiger partial charge >= 0.3 is 0 Å². The van der Waals surface area contributed by atoms with Crippen LogP contribution in [0.5, 0.6) is 5.75 Å². The van der Waals surface area contributed by atoms with Gasteiger partial charge in [-0.25, -0.2) is 17.2 Å². The second kappa shape index (κ2) is 9.09. The van der Waals surface area contributed by atoms with Crippen molar-refractivity contribution in [3.05, 3.63) is 59.7 Å². The molecule has 0 bridgehead atoms. The van der Waals surface area contributed by atoms with Crippen LogP contribution in [-0.4, -0.2) is 39.1 Å². The molecule has 0 aliphatic heterocycles. The minimum atomic E-state index is -3.96. The maximum atomic E-state index is 13.6. The van der Waals surface area contributed by atoms with Crippen LogP contribution in [0.2, 0.25) is 0 Å². The quantitative estimate of drug-likeness (QED) is 0.607. The third-order valence-electron chi connectivity index (χ3n) is 3.89. The molecule has 1 unspecified atom stereocenters. The molecule has 0 radical (unpaired) electrons. The van der Waals surface area contributed by atoms with Gasteiger partial charge in [0.25, 0.3) is 0 Å². The predicted octanol–water partition coefficient (Wildman–Crippen LogP) is 1.49. The van der Waals surface area contributed by atoms with E-state index in [0.717, 1.165) is 12.1 Å². The summed E-state index contributed by atoms with van der Waals surface area (Å²) in [5, 5.41) is 12.3. The molecule has 28 heavy (non-hydrogen) atoms. The molecule has 0 spiro atoms. The Balaban J connectivity index is 1.96. The number of rotatable bonds is 8. The number of carbonyl (C=O) groups excluding carboxylic acids is 1. The number of ether oxygens (including phenoxy) is 1. The molecular weight excluding hydrogens is 394 g/mol. The van der Waals surface area contributed by atoms with E-state index in [1.807, 2.05) is 0 Å². The molecule has 2 aromatic carbocycles. The van der Waals surface area contributed by atoms with E-state index in [-0.39, 0.29) is 17.0 Å². The molecular formula is C18H20F2N2O5S. The Labute approximate surface area is 161 Å². The van der Waals surface area contributed by atoms with E-state index in [2.05, 4.69) is 10.0 Å². The van der Waals surface area contributed by atoms with Crippen molar-refractivity contribution in [1.82, 2.24) is 10.0 Å². The highest BCUT2D eigenvalue weighted by molar-refractivity contribution is 7.89. The fourth-order valence-electron chi connectivity index (χ4n) is 2.34. The molecule has 2 aromatic rings. The molecule has 0 heterocycles. The fraction of sp³-hybridized carbons (Fsp3) is 0.278. The molecule has 10 heteroatoms. The predicted molar refractivity (Wildman–Crippen MR) is 97.1 cm³/mol. The van der Waals surface area contributed by atoms with Crippen molar-refractivity contribution in [2.75, 3.05) is 13.7 Å². The van der Waals surface area contributed by atoms with E-state index in [1.165, 1.54) is 38.3 Å². The van der Waals surface area contributed by atoms with Crippen LogP contribution in [0.3, 0.4) is 0 Å². The van der Waals surface area contributed by atoms with Gasteiger partial charge in [-0.2, -0.15) is 4.72 Å². The summed E-state index contributed by atoms with van der Waals surface area (Å²) in [6, 6.07) is 7.09. The van der Waals surface area contributed by atoms with Gasteiger partial charge in [0.1, 0.15) is 17.4 Å². The standard InChI is InChI=1S/C18H20F2N2O5S/c1-11(22-28(25,26)14-6-4-13(27-2)5-7-14)18(24)21-10-17(23)15-8-3-12(19)9-16(15)20/h3-9,11,17,22-23H,10H2,1-2H3,(H,21,24)/t11-,17?/m0/s1.